The van der Waals surface area contributed by atoms with Crippen LogP contribution in [-0.2, 0) is 0 Å². The van der Waals surface area contributed by atoms with Crippen molar-refractivity contribution in [3.8, 4) is 0 Å². The molecule has 1 aromatic rings. The maximum absolute atomic E-state index is 4.64. The van der Waals surface area contributed by atoms with Gasteiger partial charge in [-0.2, -0.15) is 10.1 Å². The Balaban J connectivity index is 2.78. The molecule has 5 heteroatoms. The maximum atomic E-state index is 4.64. The van der Waals surface area contributed by atoms with Gasteiger partial charge in [-0.05, 0) is 19.3 Å². The standard InChI is InChI=1S/C14H27N5/c1-5-8-11-18(4)14-16-13(12-15-17-14)19(9-6-2)10-7-3/h12H,5-11H2,1-4H3. The molecule has 0 aromatic carbocycles. The number of rotatable bonds is 9. The molecular formula is C14H27N5. The van der Waals surface area contributed by atoms with E-state index in [2.05, 4.69) is 45.8 Å². The summed E-state index contributed by atoms with van der Waals surface area (Å²) in [6.45, 7) is 9.57. The average Bonchev–Trinajstić information content (AvgIpc) is 2.44. The third kappa shape index (κ3) is 5.01. The Morgan fingerprint density at radius 2 is 1.68 bits per heavy atom. The molecule has 0 unspecified atom stereocenters. The first-order valence-corrected chi connectivity index (χ1v) is 7.38. The summed E-state index contributed by atoms with van der Waals surface area (Å²) in [6, 6.07) is 0. The molecule has 0 aliphatic carbocycles. The lowest BCUT2D eigenvalue weighted by molar-refractivity contribution is 0.711. The van der Waals surface area contributed by atoms with Crippen molar-refractivity contribution in [2.75, 3.05) is 36.5 Å². The molecular weight excluding hydrogens is 238 g/mol. The summed E-state index contributed by atoms with van der Waals surface area (Å²) in [6.07, 6.45) is 6.32. The van der Waals surface area contributed by atoms with E-state index in [1.54, 1.807) is 6.20 Å². The smallest absolute Gasteiger partial charge is 0.247 e. The van der Waals surface area contributed by atoms with Gasteiger partial charge in [0.1, 0.15) is 0 Å². The number of nitrogens with zero attached hydrogens (tertiary/aromatic N) is 5. The van der Waals surface area contributed by atoms with Gasteiger partial charge in [-0.1, -0.05) is 27.2 Å². The first-order chi connectivity index (χ1) is 9.22. The van der Waals surface area contributed by atoms with E-state index in [4.69, 9.17) is 0 Å². The van der Waals surface area contributed by atoms with E-state index in [0.29, 0.717) is 0 Å². The van der Waals surface area contributed by atoms with Gasteiger partial charge in [-0.25, -0.2) is 0 Å². The highest BCUT2D eigenvalue weighted by molar-refractivity contribution is 5.41. The fourth-order valence-corrected chi connectivity index (χ4v) is 1.98. The molecule has 0 saturated carbocycles. The normalized spacial score (nSPS) is 10.5. The van der Waals surface area contributed by atoms with Crippen LogP contribution < -0.4 is 9.80 Å². The van der Waals surface area contributed by atoms with Gasteiger partial charge in [0.25, 0.3) is 0 Å². The second-order valence-corrected chi connectivity index (χ2v) is 4.88. The number of anilines is 2. The fourth-order valence-electron chi connectivity index (χ4n) is 1.98. The summed E-state index contributed by atoms with van der Waals surface area (Å²) in [5.74, 6) is 1.67. The van der Waals surface area contributed by atoms with Crippen molar-refractivity contribution in [3.63, 3.8) is 0 Å². The minimum absolute atomic E-state index is 0.725. The Bertz CT molecular complexity index is 349. The van der Waals surface area contributed by atoms with Crippen molar-refractivity contribution in [2.24, 2.45) is 0 Å². The van der Waals surface area contributed by atoms with E-state index in [0.717, 1.165) is 50.7 Å². The third-order valence-electron chi connectivity index (χ3n) is 3.03. The van der Waals surface area contributed by atoms with Gasteiger partial charge in [0.2, 0.25) is 5.95 Å². The fraction of sp³-hybridized carbons (Fsp3) is 0.786. The number of unbranched alkanes of at least 4 members (excludes halogenated alkanes) is 1. The molecule has 0 aliphatic rings. The predicted octanol–water partition coefficient (Wildman–Crippen LogP) is 2.73. The van der Waals surface area contributed by atoms with Crippen LogP contribution >= 0.6 is 0 Å². The molecule has 1 rings (SSSR count). The predicted molar refractivity (Wildman–Crippen MR) is 80.8 cm³/mol. The first-order valence-electron chi connectivity index (χ1n) is 7.38. The molecule has 1 heterocycles. The summed E-state index contributed by atoms with van der Waals surface area (Å²) < 4.78 is 0. The highest BCUT2D eigenvalue weighted by Gasteiger charge is 2.10. The van der Waals surface area contributed by atoms with Crippen LogP contribution in [0.15, 0.2) is 6.20 Å². The maximum Gasteiger partial charge on any atom is 0.247 e. The van der Waals surface area contributed by atoms with Gasteiger partial charge in [0, 0.05) is 26.7 Å². The summed E-state index contributed by atoms with van der Waals surface area (Å²) in [5, 5.41) is 8.24. The third-order valence-corrected chi connectivity index (χ3v) is 3.03. The topological polar surface area (TPSA) is 45.2 Å². The molecule has 5 nitrogen and oxygen atoms in total. The Hall–Kier alpha value is -1.39. The molecule has 0 saturated heterocycles. The van der Waals surface area contributed by atoms with Gasteiger partial charge in [-0.3, -0.25) is 0 Å². The van der Waals surface area contributed by atoms with Crippen molar-refractivity contribution in [1.82, 2.24) is 15.2 Å². The first kappa shape index (κ1) is 15.7. The highest BCUT2D eigenvalue weighted by Crippen LogP contribution is 2.14. The van der Waals surface area contributed by atoms with Gasteiger partial charge >= 0.3 is 0 Å². The Kier molecular flexibility index (Phi) is 7.15. The quantitative estimate of drug-likeness (QED) is 0.687. The van der Waals surface area contributed by atoms with Gasteiger partial charge in [0.05, 0.1) is 6.20 Å². The van der Waals surface area contributed by atoms with Crippen LogP contribution in [0.25, 0.3) is 0 Å². The van der Waals surface area contributed by atoms with Gasteiger partial charge < -0.3 is 9.80 Å². The molecule has 0 N–H and O–H groups in total. The van der Waals surface area contributed by atoms with Crippen LogP contribution in [-0.4, -0.2) is 41.9 Å². The van der Waals surface area contributed by atoms with Crippen molar-refractivity contribution in [3.05, 3.63) is 6.20 Å². The molecule has 0 spiro atoms. The lowest BCUT2D eigenvalue weighted by Crippen LogP contribution is -2.28. The number of hydrogen-bond acceptors (Lipinski definition) is 5. The molecule has 0 bridgehead atoms. The molecule has 19 heavy (non-hydrogen) atoms. The Morgan fingerprint density at radius 1 is 1.00 bits per heavy atom. The van der Waals surface area contributed by atoms with E-state index in [1.165, 1.54) is 6.42 Å². The zero-order chi connectivity index (χ0) is 14.1. The van der Waals surface area contributed by atoms with E-state index < -0.39 is 0 Å². The lowest BCUT2D eigenvalue weighted by Gasteiger charge is -2.23. The summed E-state index contributed by atoms with van der Waals surface area (Å²) in [4.78, 5) is 9.00. The molecule has 0 fully saturated rings. The van der Waals surface area contributed by atoms with Crippen LogP contribution in [0.2, 0.25) is 0 Å². The van der Waals surface area contributed by atoms with E-state index in [-0.39, 0.29) is 0 Å². The SMILES string of the molecule is CCCCN(C)c1nncc(N(CCC)CCC)n1. The summed E-state index contributed by atoms with van der Waals surface area (Å²) >= 11 is 0. The summed E-state index contributed by atoms with van der Waals surface area (Å²) in [7, 11) is 2.03. The number of aromatic nitrogens is 3. The zero-order valence-corrected chi connectivity index (χ0v) is 12.8. The molecule has 1 aromatic heterocycles. The second kappa shape index (κ2) is 8.67. The monoisotopic (exact) mass is 265 g/mol. The van der Waals surface area contributed by atoms with Crippen molar-refractivity contribution >= 4 is 11.8 Å². The molecule has 0 amide bonds. The second-order valence-electron chi connectivity index (χ2n) is 4.88. The number of hydrogen-bond donors (Lipinski definition) is 0. The van der Waals surface area contributed by atoms with Crippen LogP contribution in [0, 0.1) is 0 Å². The lowest BCUT2D eigenvalue weighted by atomic mass is 10.3. The van der Waals surface area contributed by atoms with Crippen molar-refractivity contribution in [2.45, 2.75) is 46.5 Å². The molecule has 0 radical (unpaired) electrons. The van der Waals surface area contributed by atoms with Crippen LogP contribution in [0.4, 0.5) is 11.8 Å². The van der Waals surface area contributed by atoms with Gasteiger partial charge in [0.15, 0.2) is 5.82 Å². The Morgan fingerprint density at radius 3 is 2.26 bits per heavy atom. The van der Waals surface area contributed by atoms with Crippen LogP contribution in [0.3, 0.4) is 0 Å². The van der Waals surface area contributed by atoms with Crippen molar-refractivity contribution < 1.29 is 0 Å². The van der Waals surface area contributed by atoms with E-state index in [9.17, 15) is 0 Å². The molecule has 0 aliphatic heterocycles. The van der Waals surface area contributed by atoms with Crippen LogP contribution in [0.1, 0.15) is 46.5 Å². The average molecular weight is 265 g/mol. The molecule has 0 atom stereocenters. The minimum atomic E-state index is 0.725. The van der Waals surface area contributed by atoms with Crippen molar-refractivity contribution in [1.29, 1.82) is 0 Å². The van der Waals surface area contributed by atoms with Crippen LogP contribution in [0.5, 0.6) is 0 Å². The van der Waals surface area contributed by atoms with Gasteiger partial charge in [-0.15, -0.1) is 5.10 Å². The minimum Gasteiger partial charge on any atom is -0.355 e. The molecule has 108 valence electrons. The van der Waals surface area contributed by atoms with E-state index in [1.807, 2.05) is 7.05 Å². The Labute approximate surface area is 117 Å². The van der Waals surface area contributed by atoms with E-state index >= 15 is 0 Å². The summed E-state index contributed by atoms with van der Waals surface area (Å²) in [5.41, 5.74) is 0. The zero-order valence-electron chi connectivity index (χ0n) is 12.8. The largest absolute Gasteiger partial charge is 0.355 e. The highest BCUT2D eigenvalue weighted by atomic mass is 15.3.